The van der Waals surface area contributed by atoms with Crippen LogP contribution in [0.3, 0.4) is 0 Å². The van der Waals surface area contributed by atoms with Gasteiger partial charge < -0.3 is 10.6 Å². The van der Waals surface area contributed by atoms with Gasteiger partial charge in [0, 0.05) is 43.0 Å². The van der Waals surface area contributed by atoms with E-state index in [4.69, 9.17) is 0 Å². The van der Waals surface area contributed by atoms with E-state index in [9.17, 15) is 8.78 Å². The quantitative estimate of drug-likeness (QED) is 0.371. The Morgan fingerprint density at radius 3 is 2.79 bits per heavy atom. The fourth-order valence-electron chi connectivity index (χ4n) is 1.94. The summed E-state index contributed by atoms with van der Waals surface area (Å²) >= 11 is 1.66. The summed E-state index contributed by atoms with van der Waals surface area (Å²) in [7, 11) is 0. The van der Waals surface area contributed by atoms with E-state index < -0.39 is 6.55 Å². The fourth-order valence-corrected chi connectivity index (χ4v) is 2.73. The Labute approximate surface area is 160 Å². The first kappa shape index (κ1) is 20.7. The van der Waals surface area contributed by atoms with Crippen LogP contribution in [0.1, 0.15) is 29.2 Å². The summed E-state index contributed by atoms with van der Waals surface area (Å²) in [6.45, 7) is 2.80. The molecule has 10 heteroatoms. The number of nitrogens with zero attached hydrogens (tertiary/aromatic N) is 4. The molecule has 0 atom stereocenters. The lowest BCUT2D eigenvalue weighted by Gasteiger charge is -2.11. The van der Waals surface area contributed by atoms with E-state index in [0.717, 1.165) is 16.0 Å². The van der Waals surface area contributed by atoms with Crippen molar-refractivity contribution in [2.24, 2.45) is 4.99 Å². The van der Waals surface area contributed by atoms with Gasteiger partial charge in [0.15, 0.2) is 5.96 Å². The monoisotopic (exact) mass is 470 g/mol. The van der Waals surface area contributed by atoms with Crippen molar-refractivity contribution in [2.45, 2.75) is 33.4 Å². The van der Waals surface area contributed by atoms with Gasteiger partial charge in [0.1, 0.15) is 12.4 Å². The number of nitrogens with one attached hydrogen (secondary N) is 2. The van der Waals surface area contributed by atoms with E-state index in [1.54, 1.807) is 11.3 Å². The van der Waals surface area contributed by atoms with Crippen molar-refractivity contribution in [2.75, 3.05) is 13.1 Å². The number of halogens is 3. The molecule has 2 heterocycles. The predicted octanol–water partition coefficient (Wildman–Crippen LogP) is 2.96. The molecule has 2 aromatic heterocycles. The molecule has 2 N–H and O–H groups in total. The highest BCUT2D eigenvalue weighted by Crippen LogP contribution is 2.13. The molecule has 0 spiro atoms. The van der Waals surface area contributed by atoms with Crippen molar-refractivity contribution in [1.29, 1.82) is 0 Å². The molecule has 6 nitrogen and oxygen atoms in total. The number of aryl methyl sites for hydroxylation is 1. The zero-order valence-corrected chi connectivity index (χ0v) is 16.6. The maximum Gasteiger partial charge on any atom is 0.319 e. The highest BCUT2D eigenvalue weighted by atomic mass is 127. The summed E-state index contributed by atoms with van der Waals surface area (Å²) in [4.78, 5) is 13.7. The molecule has 134 valence electrons. The van der Waals surface area contributed by atoms with Crippen LogP contribution in [0.25, 0.3) is 0 Å². The van der Waals surface area contributed by atoms with Crippen molar-refractivity contribution in [3.8, 4) is 0 Å². The van der Waals surface area contributed by atoms with Gasteiger partial charge in [0.2, 0.25) is 0 Å². The van der Waals surface area contributed by atoms with E-state index in [2.05, 4.69) is 25.6 Å². The molecule has 0 aromatic carbocycles. The van der Waals surface area contributed by atoms with E-state index in [1.165, 1.54) is 17.3 Å². The molecule has 0 aliphatic heterocycles. The van der Waals surface area contributed by atoms with E-state index in [-0.39, 0.29) is 36.3 Å². The van der Waals surface area contributed by atoms with Crippen LogP contribution in [0.15, 0.2) is 23.6 Å². The predicted molar refractivity (Wildman–Crippen MR) is 102 cm³/mol. The number of thiazole rings is 1. The van der Waals surface area contributed by atoms with Crippen LogP contribution in [0.5, 0.6) is 0 Å². The van der Waals surface area contributed by atoms with Gasteiger partial charge in [-0.3, -0.25) is 4.57 Å². The lowest BCUT2D eigenvalue weighted by Crippen LogP contribution is -2.38. The third-order valence-corrected chi connectivity index (χ3v) is 3.95. The maximum absolute atomic E-state index is 12.8. The van der Waals surface area contributed by atoms with Gasteiger partial charge in [0.25, 0.3) is 0 Å². The summed E-state index contributed by atoms with van der Waals surface area (Å²) in [6.07, 6.45) is 5.24. The van der Waals surface area contributed by atoms with Crippen LogP contribution in [-0.2, 0) is 13.0 Å². The zero-order valence-electron chi connectivity index (χ0n) is 13.5. The lowest BCUT2D eigenvalue weighted by atomic mass is 10.4. The van der Waals surface area contributed by atoms with Crippen LogP contribution in [0, 0.1) is 6.92 Å². The average Bonchev–Trinajstić information content (AvgIpc) is 3.13. The molecule has 0 bridgehead atoms. The summed E-state index contributed by atoms with van der Waals surface area (Å²) < 4.78 is 26.3. The van der Waals surface area contributed by atoms with E-state index >= 15 is 0 Å². The number of aliphatic imine (C=N–C) groups is 1. The molecule has 0 unspecified atom stereocenters. The number of imidazole rings is 1. The Bertz CT molecular complexity index is 643. The van der Waals surface area contributed by atoms with Crippen LogP contribution >= 0.6 is 35.3 Å². The first-order valence-corrected chi connectivity index (χ1v) is 8.15. The van der Waals surface area contributed by atoms with Crippen molar-refractivity contribution >= 4 is 41.3 Å². The fraction of sp³-hybridized carbons (Fsp3) is 0.500. The van der Waals surface area contributed by atoms with E-state index in [1.807, 2.05) is 20.0 Å². The molecule has 24 heavy (non-hydrogen) atoms. The molecule has 2 aromatic rings. The van der Waals surface area contributed by atoms with Gasteiger partial charge in [-0.1, -0.05) is 0 Å². The van der Waals surface area contributed by atoms with Gasteiger partial charge >= 0.3 is 6.55 Å². The van der Waals surface area contributed by atoms with Crippen LogP contribution in [-0.4, -0.2) is 33.6 Å². The molecule has 0 aliphatic carbocycles. The normalized spacial score (nSPS) is 11.5. The first-order chi connectivity index (χ1) is 11.1. The smallest absolute Gasteiger partial charge is 0.319 e. The third-order valence-electron chi connectivity index (χ3n) is 2.98. The number of alkyl halides is 2. The summed E-state index contributed by atoms with van der Waals surface area (Å²) in [5.41, 5.74) is 0. The summed E-state index contributed by atoms with van der Waals surface area (Å²) in [5, 5.41) is 7.31. The largest absolute Gasteiger partial charge is 0.357 e. The van der Waals surface area contributed by atoms with Gasteiger partial charge in [-0.25, -0.2) is 15.0 Å². The number of hydrogen-bond donors (Lipinski definition) is 2. The molecule has 2 rings (SSSR count). The third kappa shape index (κ3) is 6.30. The minimum atomic E-state index is -2.61. The lowest BCUT2D eigenvalue weighted by molar-refractivity contribution is 0.0671. The molecule has 0 fully saturated rings. The summed E-state index contributed by atoms with van der Waals surface area (Å²) in [5.74, 6) is 0.803. The highest BCUT2D eigenvalue weighted by molar-refractivity contribution is 14.0. The molecule has 0 saturated heterocycles. The Hall–Kier alpha value is -1.30. The standard InChI is InChI=1S/C14H20F2N6S.HI/c1-3-17-14(19-5-4-12-20-8-10(2)23-12)21-9-11-18-6-7-22(11)13(15)16;/h6-8,13H,3-5,9H2,1-2H3,(H2,17,19,21);1H. The van der Waals surface area contributed by atoms with Crippen molar-refractivity contribution < 1.29 is 8.78 Å². The highest BCUT2D eigenvalue weighted by Gasteiger charge is 2.10. The second-order valence-corrected chi connectivity index (χ2v) is 6.08. The minimum Gasteiger partial charge on any atom is -0.357 e. The number of rotatable bonds is 7. The topological polar surface area (TPSA) is 67.1 Å². The van der Waals surface area contributed by atoms with Crippen molar-refractivity contribution in [3.63, 3.8) is 0 Å². The van der Waals surface area contributed by atoms with Crippen LogP contribution < -0.4 is 10.6 Å². The van der Waals surface area contributed by atoms with Gasteiger partial charge in [-0.15, -0.1) is 35.3 Å². The number of aromatic nitrogens is 3. The molecular formula is C14H21F2IN6S. The van der Waals surface area contributed by atoms with Crippen molar-refractivity contribution in [3.05, 3.63) is 34.3 Å². The van der Waals surface area contributed by atoms with E-state index in [0.29, 0.717) is 19.0 Å². The number of guanidine groups is 1. The van der Waals surface area contributed by atoms with Crippen LogP contribution in [0.4, 0.5) is 8.78 Å². The molecule has 0 aliphatic rings. The Kier molecular flexibility index (Phi) is 9.11. The molecule has 0 amide bonds. The first-order valence-electron chi connectivity index (χ1n) is 7.33. The Balaban J connectivity index is 0.00000288. The van der Waals surface area contributed by atoms with Gasteiger partial charge in [-0.2, -0.15) is 8.78 Å². The zero-order chi connectivity index (χ0) is 16.7. The average molecular weight is 470 g/mol. The second-order valence-electron chi connectivity index (χ2n) is 4.76. The molecular weight excluding hydrogens is 449 g/mol. The van der Waals surface area contributed by atoms with Crippen LogP contribution in [0.2, 0.25) is 0 Å². The minimum absolute atomic E-state index is 0. The second kappa shape index (κ2) is 10.5. The molecule has 0 radical (unpaired) electrons. The summed E-state index contributed by atoms with van der Waals surface area (Å²) in [6, 6.07) is 0. The SMILES string of the molecule is CCNC(=NCc1nccn1C(F)F)NCCc1ncc(C)s1.I. The maximum atomic E-state index is 12.8. The number of hydrogen-bond acceptors (Lipinski definition) is 4. The van der Waals surface area contributed by atoms with Gasteiger partial charge in [0.05, 0.1) is 5.01 Å². The van der Waals surface area contributed by atoms with Crippen molar-refractivity contribution in [1.82, 2.24) is 25.2 Å². The Morgan fingerprint density at radius 2 is 2.17 bits per heavy atom. The van der Waals surface area contributed by atoms with Gasteiger partial charge in [-0.05, 0) is 13.8 Å². The Morgan fingerprint density at radius 1 is 1.38 bits per heavy atom. The molecule has 0 saturated carbocycles.